The van der Waals surface area contributed by atoms with Gasteiger partial charge in [0.15, 0.2) is 0 Å². The summed E-state index contributed by atoms with van der Waals surface area (Å²) in [7, 11) is 0. The second-order valence-electron chi connectivity index (χ2n) is 3.69. The van der Waals surface area contributed by atoms with Crippen molar-refractivity contribution in [3.8, 4) is 0 Å². The van der Waals surface area contributed by atoms with E-state index >= 15 is 0 Å². The molecule has 0 heterocycles. The molecule has 0 spiro atoms. The summed E-state index contributed by atoms with van der Waals surface area (Å²) in [6.45, 7) is 0. The van der Waals surface area contributed by atoms with Crippen molar-refractivity contribution >= 4 is 22.9 Å². The van der Waals surface area contributed by atoms with E-state index in [0.29, 0.717) is 12.0 Å². The molecule has 2 aromatic rings. The number of benzene rings is 2. The van der Waals surface area contributed by atoms with Crippen LogP contribution < -0.4 is 5.73 Å². The fraction of sp³-hybridized carbons (Fsp3) is 0.0769. The van der Waals surface area contributed by atoms with Crippen LogP contribution in [0.15, 0.2) is 41.6 Å². The third-order valence-corrected chi connectivity index (χ3v) is 2.65. The van der Waals surface area contributed by atoms with Gasteiger partial charge < -0.3 is 10.9 Å². The third kappa shape index (κ3) is 2.10. The van der Waals surface area contributed by atoms with Crippen molar-refractivity contribution in [1.29, 1.82) is 0 Å². The van der Waals surface area contributed by atoms with Crippen molar-refractivity contribution in [2.45, 2.75) is 6.42 Å². The molecule has 0 radical (unpaired) electrons. The molecule has 0 aliphatic carbocycles. The molecular formula is C13H12N2O2. The highest BCUT2D eigenvalue weighted by Crippen LogP contribution is 2.22. The Balaban J connectivity index is 2.68. The number of carbonyl (C=O) groups is 1. The number of fused-ring (bicyclic) bond motifs is 1. The van der Waals surface area contributed by atoms with Gasteiger partial charge >= 0.3 is 0 Å². The highest BCUT2D eigenvalue weighted by molar-refractivity contribution is 6.08. The van der Waals surface area contributed by atoms with Crippen molar-refractivity contribution in [3.05, 3.63) is 47.5 Å². The van der Waals surface area contributed by atoms with Crippen molar-refractivity contribution in [3.63, 3.8) is 0 Å². The Kier molecular flexibility index (Phi) is 3.05. The van der Waals surface area contributed by atoms with Gasteiger partial charge in [-0.2, -0.15) is 0 Å². The molecule has 0 aromatic heterocycles. The topological polar surface area (TPSA) is 75.7 Å². The minimum Gasteiger partial charge on any atom is -0.411 e. The van der Waals surface area contributed by atoms with Gasteiger partial charge in [0.2, 0.25) is 5.91 Å². The zero-order chi connectivity index (χ0) is 12.3. The quantitative estimate of drug-likeness (QED) is 0.478. The van der Waals surface area contributed by atoms with Crippen molar-refractivity contribution in [2.75, 3.05) is 0 Å². The largest absolute Gasteiger partial charge is 0.411 e. The fourth-order valence-corrected chi connectivity index (χ4v) is 1.92. The van der Waals surface area contributed by atoms with E-state index in [1.807, 2.05) is 36.4 Å². The molecule has 0 saturated heterocycles. The highest BCUT2D eigenvalue weighted by Gasteiger charge is 2.11. The maximum Gasteiger partial charge on any atom is 0.249 e. The molecule has 0 atom stereocenters. The van der Waals surface area contributed by atoms with E-state index in [-0.39, 0.29) is 0 Å². The Morgan fingerprint density at radius 2 is 2.06 bits per heavy atom. The van der Waals surface area contributed by atoms with E-state index in [9.17, 15) is 4.79 Å². The molecule has 3 N–H and O–H groups in total. The van der Waals surface area contributed by atoms with Crippen molar-refractivity contribution < 1.29 is 10.0 Å². The van der Waals surface area contributed by atoms with E-state index < -0.39 is 5.91 Å². The van der Waals surface area contributed by atoms with Gasteiger partial charge in [0.05, 0.1) is 5.56 Å². The molecule has 17 heavy (non-hydrogen) atoms. The summed E-state index contributed by atoms with van der Waals surface area (Å²) in [4.78, 5) is 11.5. The lowest BCUT2D eigenvalue weighted by molar-refractivity contribution is 0.100. The number of hydrogen-bond acceptors (Lipinski definition) is 3. The van der Waals surface area contributed by atoms with Gasteiger partial charge in [0.1, 0.15) is 0 Å². The van der Waals surface area contributed by atoms with Gasteiger partial charge in [-0.05, 0) is 16.3 Å². The first-order valence-corrected chi connectivity index (χ1v) is 5.20. The fourth-order valence-electron chi connectivity index (χ4n) is 1.92. The van der Waals surface area contributed by atoms with Crippen LogP contribution in [0.2, 0.25) is 0 Å². The molecule has 0 unspecified atom stereocenters. The number of nitrogens with zero attached hydrogens (tertiary/aromatic N) is 1. The van der Waals surface area contributed by atoms with E-state index in [4.69, 9.17) is 10.9 Å². The SMILES string of the molecule is NC(=O)c1c(CC=NO)ccc2ccccc12. The summed E-state index contributed by atoms with van der Waals surface area (Å²) in [6.07, 6.45) is 1.70. The molecule has 4 heteroatoms. The smallest absolute Gasteiger partial charge is 0.249 e. The number of hydrogen-bond donors (Lipinski definition) is 2. The Hall–Kier alpha value is -2.36. The van der Waals surface area contributed by atoms with Gasteiger partial charge in [-0.1, -0.05) is 36.4 Å². The van der Waals surface area contributed by atoms with Gasteiger partial charge in [-0.3, -0.25) is 4.79 Å². The predicted molar refractivity (Wildman–Crippen MR) is 66.4 cm³/mol. The zero-order valence-electron chi connectivity index (χ0n) is 9.13. The van der Waals surface area contributed by atoms with Crippen LogP contribution in [-0.2, 0) is 6.42 Å². The summed E-state index contributed by atoms with van der Waals surface area (Å²) >= 11 is 0. The first-order valence-electron chi connectivity index (χ1n) is 5.20. The van der Waals surface area contributed by atoms with Gasteiger partial charge in [-0.25, -0.2) is 0 Å². The van der Waals surface area contributed by atoms with E-state index in [1.54, 1.807) is 0 Å². The molecule has 0 aliphatic rings. The van der Waals surface area contributed by atoms with Crippen LogP contribution in [0.25, 0.3) is 10.8 Å². The first kappa shape index (κ1) is 11.1. The Morgan fingerprint density at radius 1 is 1.29 bits per heavy atom. The molecule has 2 rings (SSSR count). The summed E-state index contributed by atoms with van der Waals surface area (Å²) in [5, 5.41) is 13.1. The van der Waals surface area contributed by atoms with E-state index in [2.05, 4.69) is 5.16 Å². The molecule has 86 valence electrons. The summed E-state index contributed by atoms with van der Waals surface area (Å²) in [5.41, 5.74) is 6.65. The van der Waals surface area contributed by atoms with Crippen molar-refractivity contribution in [1.82, 2.24) is 0 Å². The van der Waals surface area contributed by atoms with Crippen LogP contribution in [0.5, 0.6) is 0 Å². The third-order valence-electron chi connectivity index (χ3n) is 2.65. The van der Waals surface area contributed by atoms with Crippen LogP contribution in [0.1, 0.15) is 15.9 Å². The zero-order valence-corrected chi connectivity index (χ0v) is 9.13. The number of amides is 1. The maximum absolute atomic E-state index is 11.5. The molecular weight excluding hydrogens is 216 g/mol. The molecule has 0 saturated carbocycles. The predicted octanol–water partition coefficient (Wildman–Crippen LogP) is 1.94. The normalized spacial score (nSPS) is 11.1. The summed E-state index contributed by atoms with van der Waals surface area (Å²) < 4.78 is 0. The lowest BCUT2D eigenvalue weighted by atomic mass is 9.97. The van der Waals surface area contributed by atoms with Gasteiger partial charge in [-0.15, -0.1) is 5.16 Å². The number of primary amides is 1. The molecule has 2 aromatic carbocycles. The standard InChI is InChI=1S/C13H12N2O2/c14-13(16)12-10(7-8-15-17)6-5-9-3-1-2-4-11(9)12/h1-6,8,17H,7H2,(H2,14,16). The molecule has 4 nitrogen and oxygen atoms in total. The number of rotatable bonds is 3. The van der Waals surface area contributed by atoms with Crippen molar-refractivity contribution in [2.24, 2.45) is 10.9 Å². The summed E-state index contributed by atoms with van der Waals surface area (Å²) in [5.74, 6) is -0.469. The monoisotopic (exact) mass is 228 g/mol. The molecule has 0 fully saturated rings. The number of nitrogens with two attached hydrogens (primary N) is 1. The number of oxime groups is 1. The first-order chi connectivity index (χ1) is 8.24. The summed E-state index contributed by atoms with van der Waals surface area (Å²) in [6, 6.07) is 11.3. The minimum atomic E-state index is -0.469. The highest BCUT2D eigenvalue weighted by atomic mass is 16.4. The number of carbonyl (C=O) groups excluding carboxylic acids is 1. The lowest BCUT2D eigenvalue weighted by Gasteiger charge is -2.08. The second-order valence-corrected chi connectivity index (χ2v) is 3.69. The Morgan fingerprint density at radius 3 is 2.76 bits per heavy atom. The second kappa shape index (κ2) is 4.65. The lowest BCUT2D eigenvalue weighted by Crippen LogP contribution is -2.14. The minimum absolute atomic E-state index is 0.375. The van der Waals surface area contributed by atoms with Gasteiger partial charge in [0.25, 0.3) is 0 Å². The van der Waals surface area contributed by atoms with Crippen LogP contribution in [0, 0.1) is 0 Å². The average Bonchev–Trinajstić information content (AvgIpc) is 2.35. The molecule has 0 aliphatic heterocycles. The van der Waals surface area contributed by atoms with E-state index in [0.717, 1.165) is 16.3 Å². The van der Waals surface area contributed by atoms with Crippen LogP contribution in [-0.4, -0.2) is 17.3 Å². The molecule has 1 amide bonds. The van der Waals surface area contributed by atoms with Crippen LogP contribution in [0.3, 0.4) is 0 Å². The average molecular weight is 228 g/mol. The van der Waals surface area contributed by atoms with E-state index in [1.165, 1.54) is 6.21 Å². The molecule has 0 bridgehead atoms. The van der Waals surface area contributed by atoms with Gasteiger partial charge in [0, 0.05) is 12.6 Å². The Labute approximate surface area is 98.4 Å². The van der Waals surface area contributed by atoms with Crippen LogP contribution in [0.4, 0.5) is 0 Å². The van der Waals surface area contributed by atoms with Crippen LogP contribution >= 0.6 is 0 Å². The Bertz CT molecular complexity index is 591. The maximum atomic E-state index is 11.5.